The summed E-state index contributed by atoms with van der Waals surface area (Å²) in [5.41, 5.74) is 0.417. The lowest BCUT2D eigenvalue weighted by Crippen LogP contribution is -2.42. The van der Waals surface area contributed by atoms with Crippen LogP contribution in [0.25, 0.3) is 0 Å². The number of carboxylic acids is 1. The van der Waals surface area contributed by atoms with E-state index in [9.17, 15) is 19.1 Å². The molecule has 1 aromatic carbocycles. The Balaban J connectivity index is 1.93. The minimum atomic E-state index is -0.860. The molecule has 0 unspecified atom stereocenters. The first-order chi connectivity index (χ1) is 11.5. The summed E-state index contributed by atoms with van der Waals surface area (Å²) in [6.45, 7) is 0. The van der Waals surface area contributed by atoms with Crippen LogP contribution in [-0.4, -0.2) is 30.1 Å². The molecule has 6 heteroatoms. The first-order valence-corrected chi connectivity index (χ1v) is 8.36. The summed E-state index contributed by atoms with van der Waals surface area (Å²) in [5.74, 6) is -1.94. The number of benzene rings is 1. The van der Waals surface area contributed by atoms with Gasteiger partial charge in [-0.05, 0) is 30.9 Å². The summed E-state index contributed by atoms with van der Waals surface area (Å²) >= 11 is 0. The van der Waals surface area contributed by atoms with Crippen molar-refractivity contribution in [3.05, 3.63) is 29.6 Å². The van der Waals surface area contributed by atoms with E-state index in [1.807, 2.05) is 0 Å². The molecule has 1 amide bonds. The third-order valence-corrected chi connectivity index (χ3v) is 4.56. The van der Waals surface area contributed by atoms with Crippen LogP contribution in [0.4, 0.5) is 4.39 Å². The van der Waals surface area contributed by atoms with E-state index in [0.717, 1.165) is 19.3 Å². The standard InChI is InChI=1S/C18H24FNO4/c1-24-15-9-5-6-12(17(15)19)10-11-16(21)20-14-8-4-2-3-7-13(14)18(22)23/h5-6,9,13-14H,2-4,7-8,10-11H2,1H3,(H,20,21)(H,22,23)/t13-,14+/m1/s1. The summed E-state index contributed by atoms with van der Waals surface area (Å²) in [6.07, 6.45) is 4.41. The normalized spacial score (nSPS) is 20.9. The Hall–Kier alpha value is -2.11. The molecule has 0 aliphatic heterocycles. The van der Waals surface area contributed by atoms with Gasteiger partial charge < -0.3 is 15.2 Å². The van der Waals surface area contributed by atoms with Gasteiger partial charge in [0.05, 0.1) is 13.0 Å². The first kappa shape index (κ1) is 18.2. The zero-order valence-electron chi connectivity index (χ0n) is 13.9. The highest BCUT2D eigenvalue weighted by molar-refractivity contribution is 5.78. The van der Waals surface area contributed by atoms with Gasteiger partial charge in [-0.2, -0.15) is 0 Å². The topological polar surface area (TPSA) is 75.6 Å². The van der Waals surface area contributed by atoms with Crippen LogP contribution in [0.3, 0.4) is 0 Å². The minimum Gasteiger partial charge on any atom is -0.494 e. The van der Waals surface area contributed by atoms with Gasteiger partial charge in [-0.25, -0.2) is 4.39 Å². The minimum absolute atomic E-state index is 0.118. The highest BCUT2D eigenvalue weighted by Crippen LogP contribution is 2.24. The third-order valence-electron chi connectivity index (χ3n) is 4.56. The largest absolute Gasteiger partial charge is 0.494 e. The van der Waals surface area contributed by atoms with Gasteiger partial charge in [-0.15, -0.1) is 0 Å². The van der Waals surface area contributed by atoms with Crippen molar-refractivity contribution < 1.29 is 23.8 Å². The molecule has 1 aliphatic rings. The van der Waals surface area contributed by atoms with E-state index in [0.29, 0.717) is 18.4 Å². The van der Waals surface area contributed by atoms with E-state index < -0.39 is 17.7 Å². The number of hydrogen-bond acceptors (Lipinski definition) is 3. The van der Waals surface area contributed by atoms with Gasteiger partial charge in [0.25, 0.3) is 0 Å². The third kappa shape index (κ3) is 4.69. The fourth-order valence-corrected chi connectivity index (χ4v) is 3.21. The van der Waals surface area contributed by atoms with Crippen molar-refractivity contribution in [2.24, 2.45) is 5.92 Å². The fraction of sp³-hybridized carbons (Fsp3) is 0.556. The number of carbonyl (C=O) groups is 2. The van der Waals surface area contributed by atoms with Crippen molar-refractivity contribution in [2.45, 2.75) is 51.0 Å². The fourth-order valence-electron chi connectivity index (χ4n) is 3.21. The number of aryl methyl sites for hydroxylation is 1. The number of amides is 1. The maximum atomic E-state index is 14.1. The van der Waals surface area contributed by atoms with Crippen LogP contribution in [0.2, 0.25) is 0 Å². The van der Waals surface area contributed by atoms with Crippen molar-refractivity contribution in [1.82, 2.24) is 5.32 Å². The average Bonchev–Trinajstić information content (AvgIpc) is 2.79. The second-order valence-electron chi connectivity index (χ2n) is 6.19. The van der Waals surface area contributed by atoms with Crippen LogP contribution in [0.5, 0.6) is 5.75 Å². The number of hydrogen-bond donors (Lipinski definition) is 2. The summed E-state index contributed by atoms with van der Waals surface area (Å²) in [4.78, 5) is 23.6. The molecule has 0 aromatic heterocycles. The molecule has 2 rings (SSSR count). The summed E-state index contributed by atoms with van der Waals surface area (Å²) in [5, 5.41) is 12.2. The predicted molar refractivity (Wildman–Crippen MR) is 87.4 cm³/mol. The van der Waals surface area contributed by atoms with Crippen molar-refractivity contribution in [3.63, 3.8) is 0 Å². The molecule has 132 valence electrons. The maximum absolute atomic E-state index is 14.1. The molecule has 1 saturated carbocycles. The SMILES string of the molecule is COc1cccc(CCC(=O)N[C@H]2CCCCC[C@H]2C(=O)O)c1F. The maximum Gasteiger partial charge on any atom is 0.308 e. The smallest absolute Gasteiger partial charge is 0.308 e. The average molecular weight is 337 g/mol. The van der Waals surface area contributed by atoms with Crippen LogP contribution >= 0.6 is 0 Å². The Kier molecular flexibility index (Phi) is 6.58. The molecule has 0 bridgehead atoms. The van der Waals surface area contributed by atoms with Crippen LogP contribution < -0.4 is 10.1 Å². The Bertz CT molecular complexity index is 590. The Morgan fingerprint density at radius 1 is 1.29 bits per heavy atom. The van der Waals surface area contributed by atoms with Crippen LogP contribution in [-0.2, 0) is 16.0 Å². The van der Waals surface area contributed by atoms with Crippen molar-refractivity contribution in [2.75, 3.05) is 7.11 Å². The summed E-state index contributed by atoms with van der Waals surface area (Å²) < 4.78 is 19.0. The second kappa shape index (κ2) is 8.66. The van der Waals surface area contributed by atoms with Gasteiger partial charge in [0.15, 0.2) is 11.6 Å². The first-order valence-electron chi connectivity index (χ1n) is 8.36. The zero-order chi connectivity index (χ0) is 17.5. The molecule has 1 aliphatic carbocycles. The number of halogens is 1. The molecule has 1 aromatic rings. The van der Waals surface area contributed by atoms with E-state index in [1.165, 1.54) is 13.2 Å². The van der Waals surface area contributed by atoms with Crippen LogP contribution in [0, 0.1) is 11.7 Å². The highest BCUT2D eigenvalue weighted by Gasteiger charge is 2.30. The number of rotatable bonds is 6. The lowest BCUT2D eigenvalue weighted by atomic mass is 9.94. The van der Waals surface area contributed by atoms with Gasteiger partial charge in [-0.3, -0.25) is 9.59 Å². The molecule has 5 nitrogen and oxygen atoms in total. The number of carbonyl (C=O) groups excluding carboxylic acids is 1. The zero-order valence-corrected chi connectivity index (χ0v) is 13.9. The molecule has 1 fully saturated rings. The Morgan fingerprint density at radius 3 is 2.75 bits per heavy atom. The van der Waals surface area contributed by atoms with Crippen LogP contribution in [0.15, 0.2) is 18.2 Å². The van der Waals surface area contributed by atoms with Gasteiger partial charge in [0, 0.05) is 12.5 Å². The predicted octanol–water partition coefficient (Wildman–Crippen LogP) is 2.92. The second-order valence-corrected chi connectivity index (χ2v) is 6.19. The van der Waals surface area contributed by atoms with E-state index in [4.69, 9.17) is 4.74 Å². The number of carboxylic acid groups (broad SMARTS) is 1. The lowest BCUT2D eigenvalue weighted by molar-refractivity contribution is -0.143. The summed E-state index contributed by atoms with van der Waals surface area (Å²) in [6, 6.07) is 4.49. The molecule has 0 spiro atoms. The Morgan fingerprint density at radius 2 is 2.04 bits per heavy atom. The molecule has 2 N–H and O–H groups in total. The number of methoxy groups -OCH3 is 1. The molecular formula is C18H24FNO4. The number of aliphatic carboxylic acids is 1. The highest BCUT2D eigenvalue weighted by atomic mass is 19.1. The lowest BCUT2D eigenvalue weighted by Gasteiger charge is -2.23. The molecular weight excluding hydrogens is 313 g/mol. The van der Waals surface area contributed by atoms with Gasteiger partial charge >= 0.3 is 5.97 Å². The van der Waals surface area contributed by atoms with E-state index in [2.05, 4.69) is 5.32 Å². The molecule has 0 heterocycles. The van der Waals surface area contributed by atoms with Crippen molar-refractivity contribution in [3.8, 4) is 5.75 Å². The monoisotopic (exact) mass is 337 g/mol. The summed E-state index contributed by atoms with van der Waals surface area (Å²) in [7, 11) is 1.40. The quantitative estimate of drug-likeness (QED) is 0.783. The van der Waals surface area contributed by atoms with Gasteiger partial charge in [0.1, 0.15) is 0 Å². The van der Waals surface area contributed by atoms with E-state index >= 15 is 0 Å². The van der Waals surface area contributed by atoms with Gasteiger partial charge in [-0.1, -0.05) is 31.4 Å². The Labute approximate surface area is 141 Å². The van der Waals surface area contributed by atoms with Crippen LogP contribution in [0.1, 0.15) is 44.1 Å². The molecule has 0 radical (unpaired) electrons. The van der Waals surface area contributed by atoms with E-state index in [-0.39, 0.29) is 30.5 Å². The van der Waals surface area contributed by atoms with E-state index in [1.54, 1.807) is 12.1 Å². The number of nitrogens with one attached hydrogen (secondary N) is 1. The van der Waals surface area contributed by atoms with Crippen molar-refractivity contribution in [1.29, 1.82) is 0 Å². The number of ether oxygens (including phenoxy) is 1. The van der Waals surface area contributed by atoms with Crippen molar-refractivity contribution >= 4 is 11.9 Å². The molecule has 2 atom stereocenters. The molecule has 0 saturated heterocycles. The van der Waals surface area contributed by atoms with Gasteiger partial charge in [0.2, 0.25) is 5.91 Å². The molecule has 24 heavy (non-hydrogen) atoms.